The average Bonchev–Trinajstić information content (AvgIpc) is 2.80. The van der Waals surface area contributed by atoms with Crippen LogP contribution < -0.4 is 5.32 Å². The standard InChI is InChI=1S/C17H19ClN2O2/c1-12-11-15(18)13-5-2-3-6-14(13)16(12)19-17(21)20-7-4-9-22-10-8-20/h2-3,5-6,11H,4,7-10H2,1H3,(H,19,21). The van der Waals surface area contributed by atoms with E-state index in [0.29, 0.717) is 24.8 Å². The molecule has 22 heavy (non-hydrogen) atoms. The molecule has 0 bridgehead atoms. The Balaban J connectivity index is 1.91. The van der Waals surface area contributed by atoms with Gasteiger partial charge in [-0.15, -0.1) is 0 Å². The van der Waals surface area contributed by atoms with Gasteiger partial charge in [0.15, 0.2) is 0 Å². The molecular weight excluding hydrogens is 300 g/mol. The minimum absolute atomic E-state index is 0.0823. The Morgan fingerprint density at radius 3 is 2.82 bits per heavy atom. The molecular formula is C17H19ClN2O2. The number of fused-ring (bicyclic) bond motifs is 1. The third kappa shape index (κ3) is 3.03. The first kappa shape index (κ1) is 15.1. The summed E-state index contributed by atoms with van der Waals surface area (Å²) in [5.74, 6) is 0. The summed E-state index contributed by atoms with van der Waals surface area (Å²) in [6.45, 7) is 4.60. The fraction of sp³-hybridized carbons (Fsp3) is 0.353. The van der Waals surface area contributed by atoms with Gasteiger partial charge in [0, 0.05) is 35.5 Å². The van der Waals surface area contributed by atoms with Gasteiger partial charge in [0.05, 0.1) is 12.3 Å². The molecule has 5 heteroatoms. The molecule has 4 nitrogen and oxygen atoms in total. The highest BCUT2D eigenvalue weighted by Crippen LogP contribution is 2.33. The zero-order valence-corrected chi connectivity index (χ0v) is 13.3. The minimum Gasteiger partial charge on any atom is -0.380 e. The van der Waals surface area contributed by atoms with Gasteiger partial charge in [-0.2, -0.15) is 0 Å². The average molecular weight is 319 g/mol. The van der Waals surface area contributed by atoms with Gasteiger partial charge in [-0.3, -0.25) is 0 Å². The van der Waals surface area contributed by atoms with E-state index in [9.17, 15) is 4.79 Å². The van der Waals surface area contributed by atoms with Gasteiger partial charge in [0.25, 0.3) is 0 Å². The Kier molecular flexibility index (Phi) is 4.50. The van der Waals surface area contributed by atoms with Crippen LogP contribution in [0.2, 0.25) is 5.02 Å². The molecule has 0 radical (unpaired) electrons. The van der Waals surface area contributed by atoms with Gasteiger partial charge in [0.1, 0.15) is 0 Å². The van der Waals surface area contributed by atoms with Crippen molar-refractivity contribution in [3.05, 3.63) is 40.9 Å². The van der Waals surface area contributed by atoms with E-state index in [1.54, 1.807) is 4.90 Å². The Hall–Kier alpha value is -1.78. The lowest BCUT2D eigenvalue weighted by Gasteiger charge is -2.22. The molecule has 1 aliphatic rings. The number of hydrogen-bond acceptors (Lipinski definition) is 2. The molecule has 0 unspecified atom stereocenters. The van der Waals surface area contributed by atoms with E-state index in [0.717, 1.165) is 35.0 Å². The van der Waals surface area contributed by atoms with Crippen LogP contribution in [0.1, 0.15) is 12.0 Å². The fourth-order valence-electron chi connectivity index (χ4n) is 2.76. The molecule has 1 saturated heterocycles. The Morgan fingerprint density at radius 1 is 1.23 bits per heavy atom. The van der Waals surface area contributed by atoms with E-state index in [2.05, 4.69) is 5.32 Å². The number of nitrogens with one attached hydrogen (secondary N) is 1. The molecule has 0 aromatic heterocycles. The van der Waals surface area contributed by atoms with Crippen LogP contribution >= 0.6 is 11.6 Å². The fourth-order valence-corrected chi connectivity index (χ4v) is 3.09. The van der Waals surface area contributed by atoms with E-state index in [4.69, 9.17) is 16.3 Å². The van der Waals surface area contributed by atoms with E-state index in [1.165, 1.54) is 0 Å². The van der Waals surface area contributed by atoms with Gasteiger partial charge in [-0.1, -0.05) is 35.9 Å². The molecule has 2 aromatic carbocycles. The second-order valence-corrected chi connectivity index (χ2v) is 5.89. The van der Waals surface area contributed by atoms with Crippen molar-refractivity contribution in [1.29, 1.82) is 0 Å². The monoisotopic (exact) mass is 318 g/mol. The normalized spacial score (nSPS) is 15.6. The van der Waals surface area contributed by atoms with Crippen LogP contribution in [0.4, 0.5) is 10.5 Å². The largest absolute Gasteiger partial charge is 0.380 e. The van der Waals surface area contributed by atoms with Crippen LogP contribution in [-0.4, -0.2) is 37.2 Å². The van der Waals surface area contributed by atoms with Crippen molar-refractivity contribution in [2.75, 3.05) is 31.6 Å². The van der Waals surface area contributed by atoms with Crippen molar-refractivity contribution in [1.82, 2.24) is 4.90 Å². The quantitative estimate of drug-likeness (QED) is 0.861. The van der Waals surface area contributed by atoms with Gasteiger partial charge in [-0.25, -0.2) is 4.79 Å². The van der Waals surface area contributed by atoms with Crippen molar-refractivity contribution in [3.63, 3.8) is 0 Å². The number of rotatable bonds is 1. The number of carbonyl (C=O) groups excluding carboxylic acids is 1. The van der Waals surface area contributed by atoms with Crippen LogP contribution in [0.3, 0.4) is 0 Å². The summed E-state index contributed by atoms with van der Waals surface area (Å²) in [7, 11) is 0. The number of benzene rings is 2. The van der Waals surface area contributed by atoms with Gasteiger partial charge in [0.2, 0.25) is 0 Å². The zero-order valence-electron chi connectivity index (χ0n) is 12.6. The third-order valence-electron chi connectivity index (χ3n) is 3.93. The molecule has 1 N–H and O–H groups in total. The number of urea groups is 1. The number of nitrogens with zero attached hydrogens (tertiary/aromatic N) is 1. The van der Waals surface area contributed by atoms with Crippen molar-refractivity contribution >= 4 is 34.1 Å². The number of anilines is 1. The summed E-state index contributed by atoms with van der Waals surface area (Å²) >= 11 is 6.30. The lowest BCUT2D eigenvalue weighted by atomic mass is 10.0. The van der Waals surface area contributed by atoms with Crippen molar-refractivity contribution in [2.24, 2.45) is 0 Å². The maximum Gasteiger partial charge on any atom is 0.321 e. The highest BCUT2D eigenvalue weighted by atomic mass is 35.5. The highest BCUT2D eigenvalue weighted by molar-refractivity contribution is 6.36. The molecule has 1 aliphatic heterocycles. The second-order valence-electron chi connectivity index (χ2n) is 5.48. The summed E-state index contributed by atoms with van der Waals surface area (Å²) < 4.78 is 5.40. The first-order valence-electron chi connectivity index (χ1n) is 7.48. The summed E-state index contributed by atoms with van der Waals surface area (Å²) in [6.07, 6.45) is 0.869. The highest BCUT2D eigenvalue weighted by Gasteiger charge is 2.18. The molecule has 2 amide bonds. The second kappa shape index (κ2) is 6.55. The summed E-state index contributed by atoms with van der Waals surface area (Å²) in [6, 6.07) is 9.66. The van der Waals surface area contributed by atoms with E-state index in [-0.39, 0.29) is 6.03 Å². The Bertz CT molecular complexity index is 694. The number of hydrogen-bond donors (Lipinski definition) is 1. The summed E-state index contributed by atoms with van der Waals surface area (Å²) in [5, 5.41) is 5.67. The number of carbonyl (C=O) groups is 1. The molecule has 0 atom stereocenters. The maximum absolute atomic E-state index is 12.5. The maximum atomic E-state index is 12.5. The molecule has 0 spiro atoms. The van der Waals surface area contributed by atoms with Crippen LogP contribution in [0.25, 0.3) is 10.8 Å². The molecule has 2 aromatic rings. The van der Waals surface area contributed by atoms with Crippen molar-refractivity contribution in [3.8, 4) is 0 Å². The number of amides is 2. The van der Waals surface area contributed by atoms with Gasteiger partial charge < -0.3 is 15.0 Å². The first-order chi connectivity index (χ1) is 10.7. The van der Waals surface area contributed by atoms with Crippen molar-refractivity contribution in [2.45, 2.75) is 13.3 Å². The lowest BCUT2D eigenvalue weighted by Crippen LogP contribution is -2.36. The molecule has 1 fully saturated rings. The predicted octanol–water partition coefficient (Wildman–Crippen LogP) is 4.06. The zero-order chi connectivity index (χ0) is 15.5. The molecule has 0 aliphatic carbocycles. The predicted molar refractivity (Wildman–Crippen MR) is 89.7 cm³/mol. The number of halogens is 1. The summed E-state index contributed by atoms with van der Waals surface area (Å²) in [4.78, 5) is 14.3. The molecule has 116 valence electrons. The van der Waals surface area contributed by atoms with Crippen molar-refractivity contribution < 1.29 is 9.53 Å². The Labute approximate surface area is 135 Å². The Morgan fingerprint density at radius 2 is 2.00 bits per heavy atom. The smallest absolute Gasteiger partial charge is 0.321 e. The van der Waals surface area contributed by atoms with Crippen LogP contribution in [0.15, 0.2) is 30.3 Å². The SMILES string of the molecule is Cc1cc(Cl)c2ccccc2c1NC(=O)N1CCCOCC1. The first-order valence-corrected chi connectivity index (χ1v) is 7.86. The number of ether oxygens (including phenoxy) is 1. The van der Waals surface area contributed by atoms with Crippen LogP contribution in [0.5, 0.6) is 0 Å². The molecule has 1 heterocycles. The third-order valence-corrected chi connectivity index (χ3v) is 4.25. The van der Waals surface area contributed by atoms with Gasteiger partial charge >= 0.3 is 6.03 Å². The minimum atomic E-state index is -0.0823. The lowest BCUT2D eigenvalue weighted by molar-refractivity contribution is 0.144. The molecule has 0 saturated carbocycles. The topological polar surface area (TPSA) is 41.6 Å². The summed E-state index contributed by atoms with van der Waals surface area (Å²) in [5.41, 5.74) is 1.79. The van der Waals surface area contributed by atoms with Gasteiger partial charge in [-0.05, 0) is 25.0 Å². The van der Waals surface area contributed by atoms with Crippen LogP contribution in [-0.2, 0) is 4.74 Å². The number of aryl methyl sites for hydroxylation is 1. The molecule has 3 rings (SSSR count). The van der Waals surface area contributed by atoms with Crippen LogP contribution in [0, 0.1) is 6.92 Å². The van der Waals surface area contributed by atoms with E-state index >= 15 is 0 Å². The van der Waals surface area contributed by atoms with E-state index < -0.39 is 0 Å². The van der Waals surface area contributed by atoms with E-state index in [1.807, 2.05) is 37.3 Å².